The second kappa shape index (κ2) is 7.45. The number of Topliss-reactive ketones (excluding diaryl/α,β-unsaturated/α-hetero) is 1. The van der Waals surface area contributed by atoms with Crippen molar-refractivity contribution in [2.24, 2.45) is 11.3 Å². The lowest BCUT2D eigenvalue weighted by Crippen LogP contribution is -2.55. The topological polar surface area (TPSA) is 40.6 Å². The molecule has 5 heteroatoms. The maximum atomic E-state index is 12.4. The van der Waals surface area contributed by atoms with Crippen LogP contribution in [0.5, 0.6) is 0 Å². The highest BCUT2D eigenvalue weighted by molar-refractivity contribution is 8.11. The third kappa shape index (κ3) is 5.36. The Morgan fingerprint density at radius 1 is 1.05 bits per heavy atom. The van der Waals surface area contributed by atoms with Crippen LogP contribution in [0, 0.1) is 11.3 Å². The van der Waals surface area contributed by atoms with Crippen LogP contribution in [0.2, 0.25) is 0 Å². The van der Waals surface area contributed by atoms with Crippen molar-refractivity contribution in [3.63, 3.8) is 0 Å². The molecule has 0 spiro atoms. The highest BCUT2D eigenvalue weighted by Crippen LogP contribution is 2.35. The second-order valence-corrected chi connectivity index (χ2v) is 9.16. The molecule has 22 heavy (non-hydrogen) atoms. The van der Waals surface area contributed by atoms with Gasteiger partial charge in [0, 0.05) is 50.0 Å². The lowest BCUT2D eigenvalue weighted by atomic mass is 9.73. The lowest BCUT2D eigenvalue weighted by molar-refractivity contribution is -0.132. The smallest absolute Gasteiger partial charge is 0.200 e. The Morgan fingerprint density at radius 2 is 1.55 bits per heavy atom. The maximum absolute atomic E-state index is 12.4. The molecular weight excluding hydrogens is 296 g/mol. The summed E-state index contributed by atoms with van der Waals surface area (Å²) < 4.78 is 2.14. The molecule has 1 aliphatic heterocycles. The first kappa shape index (κ1) is 19.7. The minimum Gasteiger partial charge on any atom is -0.299 e. The average molecular weight is 329 g/mol. The molecule has 0 N–H and O–H groups in total. The summed E-state index contributed by atoms with van der Waals surface area (Å²) in [6.45, 7) is 17.9. The second-order valence-electron chi connectivity index (χ2n) is 7.89. The molecule has 0 aromatic carbocycles. The first-order valence-electron chi connectivity index (χ1n) is 8.18. The van der Waals surface area contributed by atoms with Gasteiger partial charge in [-0.3, -0.25) is 14.5 Å². The summed E-state index contributed by atoms with van der Waals surface area (Å²) in [4.78, 5) is 26.1. The van der Waals surface area contributed by atoms with Gasteiger partial charge in [-0.1, -0.05) is 27.7 Å². The van der Waals surface area contributed by atoms with Crippen LogP contribution in [0.1, 0.15) is 54.9 Å². The first-order valence-corrected chi connectivity index (χ1v) is 8.96. The molecule has 1 fully saturated rings. The number of carbonyl (C=O) groups is 2. The van der Waals surface area contributed by atoms with E-state index in [2.05, 4.69) is 36.9 Å². The van der Waals surface area contributed by atoms with Gasteiger partial charge < -0.3 is 0 Å². The van der Waals surface area contributed by atoms with Gasteiger partial charge in [0.2, 0.25) is 5.12 Å². The Hall–Kier alpha value is -0.390. The van der Waals surface area contributed by atoms with Gasteiger partial charge in [-0.25, -0.2) is 4.31 Å². The average Bonchev–Trinajstić information content (AvgIpc) is 2.36. The molecule has 128 valence electrons. The molecule has 0 atom stereocenters. The Balaban J connectivity index is 2.64. The largest absolute Gasteiger partial charge is 0.299 e. The third-order valence-corrected chi connectivity index (χ3v) is 5.30. The standard InChI is InChI=1S/C17H32N2O2S/c1-13(2)15(21)16(4,5)12-17(6,7)18-8-10-19(11-9-18)22-14(3)20/h13H,8-12H2,1-7H3. The molecule has 1 heterocycles. The number of hydrogen-bond donors (Lipinski definition) is 0. The van der Waals surface area contributed by atoms with Crippen LogP contribution in [0.3, 0.4) is 0 Å². The van der Waals surface area contributed by atoms with Gasteiger partial charge in [0.05, 0.1) is 0 Å². The number of hydrogen-bond acceptors (Lipinski definition) is 5. The van der Waals surface area contributed by atoms with E-state index >= 15 is 0 Å². The minimum absolute atomic E-state index is 0.0129. The molecule has 1 saturated heterocycles. The SMILES string of the molecule is CC(=O)SN1CCN(C(C)(C)CC(C)(C)C(=O)C(C)C)CC1. The molecule has 0 amide bonds. The summed E-state index contributed by atoms with van der Waals surface area (Å²) in [6.07, 6.45) is 0.858. The van der Waals surface area contributed by atoms with E-state index < -0.39 is 0 Å². The molecule has 1 rings (SSSR count). The van der Waals surface area contributed by atoms with E-state index in [0.29, 0.717) is 5.78 Å². The van der Waals surface area contributed by atoms with Crippen molar-refractivity contribution in [3.8, 4) is 0 Å². The fourth-order valence-corrected chi connectivity index (χ4v) is 4.34. The summed E-state index contributed by atoms with van der Waals surface area (Å²) in [6, 6.07) is 0. The third-order valence-electron chi connectivity index (χ3n) is 4.42. The van der Waals surface area contributed by atoms with Gasteiger partial charge >= 0.3 is 0 Å². The van der Waals surface area contributed by atoms with Crippen molar-refractivity contribution in [2.45, 2.75) is 60.4 Å². The predicted octanol–water partition coefficient (Wildman–Crippen LogP) is 3.22. The van der Waals surface area contributed by atoms with Crippen molar-refractivity contribution < 1.29 is 9.59 Å². The molecule has 4 nitrogen and oxygen atoms in total. The van der Waals surface area contributed by atoms with Crippen molar-refractivity contribution >= 4 is 22.8 Å². The van der Waals surface area contributed by atoms with E-state index in [1.54, 1.807) is 6.92 Å². The van der Waals surface area contributed by atoms with Gasteiger partial charge in [0.1, 0.15) is 5.78 Å². The van der Waals surface area contributed by atoms with Crippen LogP contribution >= 0.6 is 11.9 Å². The Labute approximate surface area is 140 Å². The quantitative estimate of drug-likeness (QED) is 0.700. The lowest BCUT2D eigenvalue weighted by Gasteiger charge is -2.46. The van der Waals surface area contributed by atoms with Crippen LogP contribution in [-0.2, 0) is 9.59 Å². The van der Waals surface area contributed by atoms with Crippen LogP contribution in [0.25, 0.3) is 0 Å². The minimum atomic E-state index is -0.303. The fraction of sp³-hybridized carbons (Fsp3) is 0.882. The van der Waals surface area contributed by atoms with E-state index in [1.807, 2.05) is 13.8 Å². The molecule has 0 aliphatic carbocycles. The van der Waals surface area contributed by atoms with Crippen molar-refractivity contribution in [2.75, 3.05) is 26.2 Å². The van der Waals surface area contributed by atoms with Crippen LogP contribution < -0.4 is 0 Å². The van der Waals surface area contributed by atoms with Crippen molar-refractivity contribution in [1.29, 1.82) is 0 Å². The van der Waals surface area contributed by atoms with Gasteiger partial charge in [-0.05, 0) is 32.2 Å². The summed E-state index contributed by atoms with van der Waals surface area (Å²) in [7, 11) is 0. The summed E-state index contributed by atoms with van der Waals surface area (Å²) >= 11 is 1.32. The maximum Gasteiger partial charge on any atom is 0.200 e. The zero-order valence-electron chi connectivity index (χ0n) is 15.2. The first-order chi connectivity index (χ1) is 9.95. The highest BCUT2D eigenvalue weighted by Gasteiger charge is 2.39. The fourth-order valence-electron chi connectivity index (χ4n) is 3.63. The van der Waals surface area contributed by atoms with E-state index in [1.165, 1.54) is 11.9 Å². The van der Waals surface area contributed by atoms with E-state index in [0.717, 1.165) is 32.6 Å². The zero-order valence-corrected chi connectivity index (χ0v) is 16.0. The summed E-state index contributed by atoms with van der Waals surface area (Å²) in [5.41, 5.74) is -0.316. The highest BCUT2D eigenvalue weighted by atomic mass is 32.2. The molecule has 0 saturated carbocycles. The molecule has 0 aromatic heterocycles. The van der Waals surface area contributed by atoms with Crippen molar-refractivity contribution in [1.82, 2.24) is 9.21 Å². The zero-order chi connectivity index (χ0) is 17.1. The van der Waals surface area contributed by atoms with E-state index in [4.69, 9.17) is 0 Å². The number of nitrogens with zero attached hydrogens (tertiary/aromatic N) is 2. The molecule has 0 radical (unpaired) electrons. The number of ketones is 1. The van der Waals surface area contributed by atoms with Gasteiger partial charge in [-0.2, -0.15) is 0 Å². The Kier molecular flexibility index (Phi) is 6.66. The van der Waals surface area contributed by atoms with Crippen molar-refractivity contribution in [3.05, 3.63) is 0 Å². The Bertz CT molecular complexity index is 411. The number of rotatable bonds is 6. The number of piperazine rings is 1. The van der Waals surface area contributed by atoms with Gasteiger partial charge in [0.25, 0.3) is 0 Å². The Morgan fingerprint density at radius 3 is 1.95 bits per heavy atom. The summed E-state index contributed by atoms with van der Waals surface area (Å²) in [5, 5.41) is 0.149. The molecule has 0 aromatic rings. The molecular formula is C17H32N2O2S. The molecule has 1 aliphatic rings. The predicted molar refractivity (Wildman–Crippen MR) is 93.7 cm³/mol. The number of carbonyl (C=O) groups excluding carboxylic acids is 2. The van der Waals surface area contributed by atoms with Gasteiger partial charge in [0.15, 0.2) is 0 Å². The van der Waals surface area contributed by atoms with Crippen LogP contribution in [0.15, 0.2) is 0 Å². The molecule has 0 unspecified atom stereocenters. The van der Waals surface area contributed by atoms with Crippen LogP contribution in [0.4, 0.5) is 0 Å². The van der Waals surface area contributed by atoms with E-state index in [-0.39, 0.29) is 22.0 Å². The normalized spacial score (nSPS) is 18.7. The summed E-state index contributed by atoms with van der Waals surface area (Å²) in [5.74, 6) is 0.418. The molecule has 0 bridgehead atoms. The van der Waals surface area contributed by atoms with Gasteiger partial charge in [-0.15, -0.1) is 0 Å². The monoisotopic (exact) mass is 328 g/mol. The van der Waals surface area contributed by atoms with E-state index in [9.17, 15) is 9.59 Å². The van der Waals surface area contributed by atoms with Crippen LogP contribution in [-0.4, -0.2) is 51.8 Å².